The third kappa shape index (κ3) is 3.85. The Hall–Kier alpha value is -1.26. The Morgan fingerprint density at radius 2 is 1.95 bits per heavy atom. The van der Waals surface area contributed by atoms with Gasteiger partial charge in [-0.2, -0.15) is 0 Å². The topological polar surface area (TPSA) is 130 Å². The van der Waals surface area contributed by atoms with Crippen LogP contribution in [0.1, 0.15) is 0 Å². The summed E-state index contributed by atoms with van der Waals surface area (Å²) in [6.45, 7) is -1.21. The molecule has 0 unspecified atom stereocenters. The molecule has 1 aromatic carbocycles. The van der Waals surface area contributed by atoms with Crippen molar-refractivity contribution in [2.45, 2.75) is 10.9 Å². The average molecular weight is 311 g/mol. The predicted molar refractivity (Wildman–Crippen MR) is 66.4 cm³/mol. The maximum absolute atomic E-state index is 11.8. The zero-order chi connectivity index (χ0) is 14.6. The maximum Gasteiger partial charge on any atom is 0.289 e. The van der Waals surface area contributed by atoms with Gasteiger partial charge in [-0.1, -0.05) is 11.6 Å². The molecule has 0 atom stereocenters. The molecule has 19 heavy (non-hydrogen) atoms. The average Bonchev–Trinajstić information content (AvgIpc) is 2.35. The normalized spacial score (nSPS) is 11.8. The van der Waals surface area contributed by atoms with Gasteiger partial charge in [0, 0.05) is 6.07 Å². The molecule has 0 aliphatic carbocycles. The lowest BCUT2D eigenvalue weighted by Crippen LogP contribution is -2.40. The number of halogens is 1. The quantitative estimate of drug-likeness (QED) is 0.496. The molecule has 1 rings (SSSR count). The van der Waals surface area contributed by atoms with Gasteiger partial charge in [-0.3, -0.25) is 10.1 Å². The van der Waals surface area contributed by atoms with E-state index in [-0.39, 0.29) is 9.92 Å². The summed E-state index contributed by atoms with van der Waals surface area (Å²) in [7, 11) is -4.09. The summed E-state index contributed by atoms with van der Waals surface area (Å²) < 4.78 is 25.7. The van der Waals surface area contributed by atoms with Gasteiger partial charge >= 0.3 is 0 Å². The number of benzene rings is 1. The molecule has 0 spiro atoms. The minimum Gasteiger partial charge on any atom is -0.395 e. The van der Waals surface area contributed by atoms with Gasteiger partial charge in [0.05, 0.1) is 29.1 Å². The van der Waals surface area contributed by atoms with E-state index in [0.29, 0.717) is 0 Å². The van der Waals surface area contributed by atoms with E-state index in [0.717, 1.165) is 18.2 Å². The van der Waals surface area contributed by atoms with Crippen LogP contribution in [0.15, 0.2) is 23.1 Å². The van der Waals surface area contributed by atoms with Crippen molar-refractivity contribution in [1.82, 2.24) is 4.72 Å². The molecule has 1 aromatic rings. The van der Waals surface area contributed by atoms with Crippen LogP contribution in [0, 0.1) is 10.1 Å². The molecular weight excluding hydrogens is 300 g/mol. The van der Waals surface area contributed by atoms with E-state index in [2.05, 4.69) is 0 Å². The molecule has 0 bridgehead atoms. The van der Waals surface area contributed by atoms with E-state index < -0.39 is 39.9 Å². The first-order chi connectivity index (χ1) is 8.81. The number of rotatable bonds is 6. The Morgan fingerprint density at radius 3 is 2.42 bits per heavy atom. The molecule has 0 fully saturated rings. The Balaban J connectivity index is 3.15. The highest BCUT2D eigenvalue weighted by Crippen LogP contribution is 2.27. The molecule has 0 heterocycles. The van der Waals surface area contributed by atoms with Crippen LogP contribution in [-0.4, -0.2) is 42.8 Å². The highest BCUT2D eigenvalue weighted by Gasteiger charge is 2.23. The number of hydrogen-bond donors (Lipinski definition) is 3. The van der Waals surface area contributed by atoms with Crippen molar-refractivity contribution >= 4 is 27.3 Å². The first-order valence-electron chi connectivity index (χ1n) is 4.99. The van der Waals surface area contributed by atoms with Crippen LogP contribution < -0.4 is 4.72 Å². The van der Waals surface area contributed by atoms with Gasteiger partial charge in [-0.15, -0.1) is 0 Å². The monoisotopic (exact) mass is 310 g/mol. The van der Waals surface area contributed by atoms with E-state index in [1.54, 1.807) is 0 Å². The standard InChI is InChI=1S/C9H11ClN2O6S/c10-8-2-1-7(3-9(8)12(15)16)19(17,18)11-6(4-13)5-14/h1-3,6,11,13-14H,4-5H2. The molecule has 0 saturated heterocycles. The number of nitrogens with one attached hydrogen (secondary N) is 1. The van der Waals surface area contributed by atoms with Gasteiger partial charge < -0.3 is 10.2 Å². The molecule has 8 nitrogen and oxygen atoms in total. The molecule has 0 aliphatic heterocycles. The lowest BCUT2D eigenvalue weighted by Gasteiger charge is -2.13. The Bertz CT molecular complexity index is 572. The van der Waals surface area contributed by atoms with Gasteiger partial charge in [-0.05, 0) is 12.1 Å². The molecule has 0 aromatic heterocycles. The zero-order valence-electron chi connectivity index (χ0n) is 9.48. The SMILES string of the molecule is O=[N+]([O-])c1cc(S(=O)(=O)NC(CO)CO)ccc1Cl. The second kappa shape index (κ2) is 6.26. The Morgan fingerprint density at radius 1 is 1.37 bits per heavy atom. The lowest BCUT2D eigenvalue weighted by atomic mass is 10.3. The van der Waals surface area contributed by atoms with Crippen LogP contribution in [0.25, 0.3) is 0 Å². The van der Waals surface area contributed by atoms with Gasteiger partial charge in [-0.25, -0.2) is 13.1 Å². The third-order valence-electron chi connectivity index (χ3n) is 2.19. The predicted octanol–water partition coefficient (Wildman–Crippen LogP) is -0.120. The number of nitro groups is 1. The fraction of sp³-hybridized carbons (Fsp3) is 0.333. The van der Waals surface area contributed by atoms with Crippen molar-refractivity contribution < 1.29 is 23.6 Å². The molecule has 0 saturated carbocycles. The molecule has 0 aliphatic rings. The van der Waals surface area contributed by atoms with Crippen LogP contribution in [0.2, 0.25) is 5.02 Å². The first kappa shape index (κ1) is 15.8. The van der Waals surface area contributed by atoms with Crippen LogP contribution in [0.4, 0.5) is 5.69 Å². The summed E-state index contributed by atoms with van der Waals surface area (Å²) in [6.07, 6.45) is 0. The summed E-state index contributed by atoms with van der Waals surface area (Å²) in [5, 5.41) is 28.1. The summed E-state index contributed by atoms with van der Waals surface area (Å²) in [5.41, 5.74) is -0.547. The zero-order valence-corrected chi connectivity index (χ0v) is 11.1. The molecular formula is C9H11ClN2O6S. The number of aliphatic hydroxyl groups is 2. The largest absolute Gasteiger partial charge is 0.395 e. The van der Waals surface area contributed by atoms with Crippen molar-refractivity contribution in [2.24, 2.45) is 0 Å². The third-order valence-corrected chi connectivity index (χ3v) is 4.02. The number of nitro benzene ring substituents is 1. The van der Waals surface area contributed by atoms with Crippen molar-refractivity contribution in [1.29, 1.82) is 0 Å². The van der Waals surface area contributed by atoms with Gasteiger partial charge in [0.25, 0.3) is 5.69 Å². The van der Waals surface area contributed by atoms with Crippen LogP contribution in [0.3, 0.4) is 0 Å². The Kier molecular flexibility index (Phi) is 5.20. The number of aliphatic hydroxyl groups excluding tert-OH is 2. The van der Waals surface area contributed by atoms with Gasteiger partial charge in [0.15, 0.2) is 0 Å². The van der Waals surface area contributed by atoms with E-state index in [1.807, 2.05) is 4.72 Å². The van der Waals surface area contributed by atoms with E-state index in [1.165, 1.54) is 0 Å². The second-order valence-electron chi connectivity index (χ2n) is 3.55. The number of sulfonamides is 1. The van der Waals surface area contributed by atoms with E-state index >= 15 is 0 Å². The lowest BCUT2D eigenvalue weighted by molar-refractivity contribution is -0.384. The van der Waals surface area contributed by atoms with Gasteiger partial charge in [0.1, 0.15) is 5.02 Å². The van der Waals surface area contributed by atoms with Crippen LogP contribution in [0.5, 0.6) is 0 Å². The minimum atomic E-state index is -4.09. The summed E-state index contributed by atoms with van der Waals surface area (Å²) in [5.74, 6) is 0. The van der Waals surface area contributed by atoms with E-state index in [4.69, 9.17) is 21.8 Å². The summed E-state index contributed by atoms with van der Waals surface area (Å²) >= 11 is 5.56. The van der Waals surface area contributed by atoms with Gasteiger partial charge in [0.2, 0.25) is 10.0 Å². The summed E-state index contributed by atoms with van der Waals surface area (Å²) in [4.78, 5) is 9.47. The fourth-order valence-corrected chi connectivity index (χ4v) is 2.64. The molecule has 10 heteroatoms. The second-order valence-corrected chi connectivity index (χ2v) is 5.67. The Labute approximate surface area is 113 Å². The van der Waals surface area contributed by atoms with Crippen LogP contribution >= 0.6 is 11.6 Å². The molecule has 3 N–H and O–H groups in total. The number of nitrogens with zero attached hydrogens (tertiary/aromatic N) is 1. The smallest absolute Gasteiger partial charge is 0.289 e. The van der Waals surface area contributed by atoms with Crippen molar-refractivity contribution in [3.8, 4) is 0 Å². The van der Waals surface area contributed by atoms with Crippen LogP contribution in [-0.2, 0) is 10.0 Å². The highest BCUT2D eigenvalue weighted by atomic mass is 35.5. The maximum atomic E-state index is 11.8. The van der Waals surface area contributed by atoms with E-state index in [9.17, 15) is 18.5 Å². The van der Waals surface area contributed by atoms with Crippen molar-refractivity contribution in [3.63, 3.8) is 0 Å². The number of hydrogen-bond acceptors (Lipinski definition) is 6. The minimum absolute atomic E-state index is 0.190. The summed E-state index contributed by atoms with van der Waals surface area (Å²) in [6, 6.07) is 1.89. The highest BCUT2D eigenvalue weighted by molar-refractivity contribution is 7.89. The molecule has 0 amide bonds. The van der Waals surface area contributed by atoms with Crippen molar-refractivity contribution in [2.75, 3.05) is 13.2 Å². The fourth-order valence-electron chi connectivity index (χ4n) is 1.22. The molecule has 106 valence electrons. The first-order valence-corrected chi connectivity index (χ1v) is 6.86. The molecule has 0 radical (unpaired) electrons. The van der Waals surface area contributed by atoms with Crippen molar-refractivity contribution in [3.05, 3.63) is 33.3 Å².